The Kier molecular flexibility index (Phi) is 6.39. The van der Waals surface area contributed by atoms with Crippen molar-refractivity contribution in [2.75, 3.05) is 14.1 Å². The molecule has 2 fully saturated rings. The Morgan fingerprint density at radius 3 is 2.17 bits per heavy atom. The number of carbonyl (C=O) groups is 5. The summed E-state index contributed by atoms with van der Waals surface area (Å²) in [4.78, 5) is 68.0. The molecule has 2 aromatic carbocycles. The summed E-state index contributed by atoms with van der Waals surface area (Å²) in [5.41, 5.74) is 5.86. The van der Waals surface area contributed by atoms with Gasteiger partial charge in [-0.1, -0.05) is 51.1 Å². The number of Topliss-reactive ketones (excluding diaryl/α,β-unsaturated/α-hetero) is 4. The highest BCUT2D eigenvalue weighted by Gasteiger charge is 2.69. The van der Waals surface area contributed by atoms with Crippen LogP contribution in [0.15, 0.2) is 36.4 Å². The minimum Gasteiger partial charge on any atom is -0.507 e. The molecule has 40 heavy (non-hydrogen) atoms. The van der Waals surface area contributed by atoms with E-state index in [1.165, 1.54) is 11.0 Å². The van der Waals surface area contributed by atoms with Crippen molar-refractivity contribution in [3.8, 4) is 16.9 Å². The number of primary amides is 1. The number of phenols is 1. The number of fused-ring (bicyclic) bond motifs is 3. The van der Waals surface area contributed by atoms with E-state index in [9.17, 15) is 34.2 Å². The third-order valence-corrected chi connectivity index (χ3v) is 9.01. The lowest BCUT2D eigenvalue weighted by Gasteiger charge is -2.52. The van der Waals surface area contributed by atoms with Gasteiger partial charge in [-0.05, 0) is 66.6 Å². The van der Waals surface area contributed by atoms with Gasteiger partial charge in [-0.3, -0.25) is 28.9 Å². The number of phenolic OH excluding ortho intramolecular Hbond substituents is 1. The highest BCUT2D eigenvalue weighted by atomic mass is 16.3. The fourth-order valence-electron chi connectivity index (χ4n) is 7.02. The van der Waals surface area contributed by atoms with Gasteiger partial charge >= 0.3 is 0 Å². The maximum atomic E-state index is 13.9. The molecule has 0 aliphatic heterocycles. The predicted octanol–water partition coefficient (Wildman–Crippen LogP) is 1.83. The smallest absolute Gasteiger partial charge is 0.235 e. The average molecular weight is 547 g/mol. The first kappa shape index (κ1) is 27.9. The van der Waals surface area contributed by atoms with Crippen molar-refractivity contribution in [2.45, 2.75) is 50.7 Å². The van der Waals surface area contributed by atoms with E-state index < -0.39 is 64.4 Å². The van der Waals surface area contributed by atoms with E-state index in [1.807, 2.05) is 24.3 Å². The van der Waals surface area contributed by atoms with Gasteiger partial charge < -0.3 is 15.9 Å². The summed E-state index contributed by atoms with van der Waals surface area (Å²) in [6, 6.07) is 9.96. The second-order valence-corrected chi connectivity index (χ2v) is 12.6. The number of carbonyl (C=O) groups excluding carboxylic acids is 5. The van der Waals surface area contributed by atoms with E-state index in [2.05, 4.69) is 20.8 Å². The lowest BCUT2D eigenvalue weighted by molar-refractivity contribution is -0.181. The zero-order valence-electron chi connectivity index (χ0n) is 23.2. The van der Waals surface area contributed by atoms with Crippen LogP contribution in [0.5, 0.6) is 5.75 Å². The van der Waals surface area contributed by atoms with Gasteiger partial charge in [0.2, 0.25) is 5.91 Å². The summed E-state index contributed by atoms with van der Waals surface area (Å²) in [6.07, 6.45) is 0.235. The van der Waals surface area contributed by atoms with E-state index >= 15 is 0 Å². The zero-order chi connectivity index (χ0) is 29.5. The Bertz CT molecular complexity index is 1470. The summed E-state index contributed by atoms with van der Waals surface area (Å²) >= 11 is 0. The third-order valence-electron chi connectivity index (χ3n) is 9.01. The van der Waals surface area contributed by atoms with E-state index in [4.69, 9.17) is 5.73 Å². The second kappa shape index (κ2) is 9.17. The first-order valence-corrected chi connectivity index (χ1v) is 13.4. The van der Waals surface area contributed by atoms with Gasteiger partial charge in [0.1, 0.15) is 5.75 Å². The van der Waals surface area contributed by atoms with E-state index in [0.717, 1.165) is 16.7 Å². The molecule has 6 unspecified atom stereocenters. The van der Waals surface area contributed by atoms with Crippen molar-refractivity contribution in [2.24, 2.45) is 29.4 Å². The average Bonchev–Trinajstić information content (AvgIpc) is 2.85. The number of ketones is 4. The molecular formula is C31H34N2O7. The molecule has 3 aliphatic carbocycles. The molecule has 9 nitrogen and oxygen atoms in total. The molecule has 0 spiro atoms. The highest BCUT2D eigenvalue weighted by Crippen LogP contribution is 2.51. The third kappa shape index (κ3) is 3.86. The van der Waals surface area contributed by atoms with Crippen LogP contribution in [-0.4, -0.2) is 69.9 Å². The van der Waals surface area contributed by atoms with Gasteiger partial charge in [-0.2, -0.15) is 0 Å². The van der Waals surface area contributed by atoms with Gasteiger partial charge in [-0.25, -0.2) is 0 Å². The lowest BCUT2D eigenvalue weighted by atomic mass is 9.52. The predicted molar refractivity (Wildman–Crippen MR) is 145 cm³/mol. The molecule has 9 heteroatoms. The van der Waals surface area contributed by atoms with Crippen LogP contribution in [-0.2, 0) is 31.0 Å². The maximum Gasteiger partial charge on any atom is 0.235 e. The van der Waals surface area contributed by atoms with Crippen molar-refractivity contribution in [1.29, 1.82) is 0 Å². The highest BCUT2D eigenvalue weighted by molar-refractivity contribution is 6.32. The molecule has 3 aliphatic rings. The van der Waals surface area contributed by atoms with Crippen LogP contribution < -0.4 is 5.73 Å². The Morgan fingerprint density at radius 2 is 1.62 bits per heavy atom. The van der Waals surface area contributed by atoms with Crippen LogP contribution in [0.3, 0.4) is 0 Å². The summed E-state index contributed by atoms with van der Waals surface area (Å²) in [6.45, 7) is 6.33. The maximum absolute atomic E-state index is 13.9. The molecule has 5 rings (SSSR count). The van der Waals surface area contributed by atoms with Crippen molar-refractivity contribution < 1.29 is 34.2 Å². The van der Waals surface area contributed by atoms with Gasteiger partial charge in [0.15, 0.2) is 34.7 Å². The number of aromatic hydroxyl groups is 1. The molecule has 4 N–H and O–H groups in total. The van der Waals surface area contributed by atoms with Crippen LogP contribution in [0.2, 0.25) is 0 Å². The Hall–Kier alpha value is -3.69. The van der Waals surface area contributed by atoms with Crippen molar-refractivity contribution >= 4 is 29.0 Å². The fraction of sp³-hybridized carbons (Fsp3) is 0.452. The van der Waals surface area contributed by atoms with Crippen LogP contribution >= 0.6 is 0 Å². The van der Waals surface area contributed by atoms with E-state index in [1.54, 1.807) is 20.2 Å². The van der Waals surface area contributed by atoms with Crippen molar-refractivity contribution in [3.05, 3.63) is 53.1 Å². The van der Waals surface area contributed by atoms with Gasteiger partial charge in [0.25, 0.3) is 0 Å². The lowest BCUT2D eigenvalue weighted by Crippen LogP contribution is -2.74. The standard InChI is InChI=1S/C31H34N2O7/c1-30(2,3)16-8-6-14(7-9-16)17-10-11-20(34)22-18(17)12-15-13-19-24(33(4)5)26(36)23(29(32)39)28(38)31(19,40)27(37)21(15)25(22)35/h6-11,15,19,21,23-24,34,40H,12-13H2,1-5H3,(H2,32,39). The molecule has 0 aromatic heterocycles. The van der Waals surface area contributed by atoms with Gasteiger partial charge in [-0.15, -0.1) is 0 Å². The number of amides is 1. The number of aliphatic hydroxyl groups is 1. The monoisotopic (exact) mass is 546 g/mol. The van der Waals surface area contributed by atoms with E-state index in [-0.39, 0.29) is 29.6 Å². The molecule has 2 aromatic rings. The number of nitrogens with two attached hydrogens (primary N) is 1. The number of rotatable bonds is 3. The number of hydrogen-bond donors (Lipinski definition) is 3. The molecule has 0 radical (unpaired) electrons. The van der Waals surface area contributed by atoms with Crippen LogP contribution in [0.4, 0.5) is 0 Å². The summed E-state index contributed by atoms with van der Waals surface area (Å²) in [5.74, 6) is -10.5. The number of hydrogen-bond acceptors (Lipinski definition) is 8. The van der Waals surface area contributed by atoms with Gasteiger partial charge in [0.05, 0.1) is 17.5 Å². The normalized spacial score (nSPS) is 30.1. The fourth-order valence-corrected chi connectivity index (χ4v) is 7.02. The quantitative estimate of drug-likeness (QED) is 0.493. The Morgan fingerprint density at radius 1 is 1.00 bits per heavy atom. The number of nitrogens with zero attached hydrogens (tertiary/aromatic N) is 1. The minimum atomic E-state index is -2.73. The largest absolute Gasteiger partial charge is 0.507 e. The van der Waals surface area contributed by atoms with Crippen LogP contribution in [0.1, 0.15) is 48.7 Å². The molecule has 0 bridgehead atoms. The molecular weight excluding hydrogens is 512 g/mol. The molecule has 0 saturated heterocycles. The number of benzene rings is 2. The van der Waals surface area contributed by atoms with Crippen LogP contribution in [0.25, 0.3) is 11.1 Å². The van der Waals surface area contributed by atoms with E-state index in [0.29, 0.717) is 5.56 Å². The first-order valence-electron chi connectivity index (χ1n) is 13.4. The topological polar surface area (TPSA) is 155 Å². The molecule has 0 heterocycles. The SMILES string of the molecule is CN(C)C1C(=O)C(C(N)=O)C(=O)C2(O)C(=O)C3C(=O)c4c(O)ccc(-c5ccc(C(C)(C)C)cc5)c4CC3CC12. The van der Waals surface area contributed by atoms with Crippen LogP contribution in [0, 0.1) is 23.7 Å². The molecule has 2 saturated carbocycles. The Balaban J connectivity index is 1.63. The molecule has 210 valence electrons. The Labute approximate surface area is 232 Å². The molecule has 1 amide bonds. The molecule has 6 atom stereocenters. The zero-order valence-corrected chi connectivity index (χ0v) is 23.2. The number of likely N-dealkylation sites (N-methyl/N-ethyl adjacent to an activating group) is 1. The first-order chi connectivity index (χ1) is 18.6. The van der Waals surface area contributed by atoms with Crippen molar-refractivity contribution in [1.82, 2.24) is 4.90 Å². The summed E-state index contributed by atoms with van der Waals surface area (Å²) in [5, 5.41) is 22.4. The summed E-state index contributed by atoms with van der Waals surface area (Å²) in [7, 11) is 3.12. The second-order valence-electron chi connectivity index (χ2n) is 12.6. The van der Waals surface area contributed by atoms with Gasteiger partial charge in [0, 0.05) is 5.92 Å². The minimum absolute atomic E-state index is 0.0102. The van der Waals surface area contributed by atoms with Crippen molar-refractivity contribution in [3.63, 3.8) is 0 Å². The summed E-state index contributed by atoms with van der Waals surface area (Å²) < 4.78 is 0.